The molecule has 5 heteroatoms. The molecule has 0 aliphatic carbocycles. The first kappa shape index (κ1) is 13.4. The first-order valence-electron chi connectivity index (χ1n) is 6.74. The van der Waals surface area contributed by atoms with Crippen LogP contribution in [0.3, 0.4) is 0 Å². The van der Waals surface area contributed by atoms with Gasteiger partial charge in [0.25, 0.3) is 0 Å². The lowest BCUT2D eigenvalue weighted by atomic mass is 9.97. The molecule has 0 amide bonds. The van der Waals surface area contributed by atoms with Crippen molar-refractivity contribution in [3.05, 3.63) is 12.4 Å². The third-order valence-corrected chi connectivity index (χ3v) is 3.62. The lowest BCUT2D eigenvalue weighted by Gasteiger charge is -2.32. The van der Waals surface area contributed by atoms with Crippen LogP contribution < -0.4 is 10.2 Å². The standard InChI is InChI=1S/C13H24N4O/c1-14-11-12-3-6-16(7-4-12)13-15-5-8-17(13)9-10-18-2/h5,8,12,14H,3-4,6-7,9-11H2,1-2H3. The summed E-state index contributed by atoms with van der Waals surface area (Å²) in [6.07, 6.45) is 6.41. The number of hydrogen-bond acceptors (Lipinski definition) is 4. The Morgan fingerprint density at radius 3 is 2.89 bits per heavy atom. The molecule has 5 nitrogen and oxygen atoms in total. The number of anilines is 1. The van der Waals surface area contributed by atoms with Crippen LogP contribution in [0, 0.1) is 5.92 Å². The van der Waals surface area contributed by atoms with Crippen LogP contribution in [0.25, 0.3) is 0 Å². The van der Waals surface area contributed by atoms with E-state index in [-0.39, 0.29) is 0 Å². The average molecular weight is 252 g/mol. The van der Waals surface area contributed by atoms with E-state index in [1.54, 1.807) is 7.11 Å². The lowest BCUT2D eigenvalue weighted by Crippen LogP contribution is -2.38. The molecule has 1 aromatic rings. The highest BCUT2D eigenvalue weighted by molar-refractivity contribution is 5.31. The highest BCUT2D eigenvalue weighted by Gasteiger charge is 2.21. The second kappa shape index (κ2) is 6.75. The van der Waals surface area contributed by atoms with E-state index >= 15 is 0 Å². The molecule has 1 fully saturated rings. The maximum Gasteiger partial charge on any atom is 0.205 e. The minimum Gasteiger partial charge on any atom is -0.383 e. The maximum atomic E-state index is 5.13. The molecular formula is C13H24N4O. The van der Waals surface area contributed by atoms with Gasteiger partial charge in [0.2, 0.25) is 5.95 Å². The number of methoxy groups -OCH3 is 1. The van der Waals surface area contributed by atoms with Crippen molar-refractivity contribution < 1.29 is 4.74 Å². The molecule has 2 heterocycles. The van der Waals surface area contributed by atoms with E-state index in [4.69, 9.17) is 4.74 Å². The van der Waals surface area contributed by atoms with Crippen molar-refractivity contribution in [2.24, 2.45) is 5.92 Å². The number of ether oxygens (including phenoxy) is 1. The molecule has 0 aromatic carbocycles. The molecular weight excluding hydrogens is 228 g/mol. The highest BCUT2D eigenvalue weighted by atomic mass is 16.5. The second-order valence-electron chi connectivity index (χ2n) is 4.90. The van der Waals surface area contributed by atoms with Gasteiger partial charge in [0.15, 0.2) is 0 Å². The fourth-order valence-electron chi connectivity index (χ4n) is 2.57. The van der Waals surface area contributed by atoms with E-state index in [1.165, 1.54) is 12.8 Å². The molecule has 0 radical (unpaired) electrons. The summed E-state index contributed by atoms with van der Waals surface area (Å²) in [4.78, 5) is 6.87. The van der Waals surface area contributed by atoms with Gasteiger partial charge in [-0.05, 0) is 32.4 Å². The van der Waals surface area contributed by atoms with Crippen molar-refractivity contribution in [1.82, 2.24) is 14.9 Å². The van der Waals surface area contributed by atoms with Crippen LogP contribution in [0.5, 0.6) is 0 Å². The predicted octanol–water partition coefficient (Wildman–Crippen LogP) is 0.965. The van der Waals surface area contributed by atoms with E-state index in [0.717, 1.165) is 44.7 Å². The summed E-state index contributed by atoms with van der Waals surface area (Å²) >= 11 is 0. The molecule has 1 aliphatic rings. The monoisotopic (exact) mass is 252 g/mol. The molecule has 1 saturated heterocycles. The quantitative estimate of drug-likeness (QED) is 0.819. The van der Waals surface area contributed by atoms with Crippen molar-refractivity contribution in [2.75, 3.05) is 45.3 Å². The van der Waals surface area contributed by atoms with Gasteiger partial charge in [-0.25, -0.2) is 4.98 Å². The third kappa shape index (κ3) is 3.23. The molecule has 0 unspecified atom stereocenters. The van der Waals surface area contributed by atoms with E-state index < -0.39 is 0 Å². The summed E-state index contributed by atoms with van der Waals surface area (Å²) in [5.74, 6) is 1.91. The zero-order valence-corrected chi connectivity index (χ0v) is 11.4. The summed E-state index contributed by atoms with van der Waals surface area (Å²) < 4.78 is 7.31. The topological polar surface area (TPSA) is 42.3 Å². The molecule has 0 saturated carbocycles. The summed E-state index contributed by atoms with van der Waals surface area (Å²) in [6.45, 7) is 4.96. The van der Waals surface area contributed by atoms with Gasteiger partial charge >= 0.3 is 0 Å². The summed E-state index contributed by atoms with van der Waals surface area (Å²) in [5, 5.41) is 3.27. The van der Waals surface area contributed by atoms with E-state index in [9.17, 15) is 0 Å². The fraction of sp³-hybridized carbons (Fsp3) is 0.769. The number of aromatic nitrogens is 2. The number of hydrogen-bond donors (Lipinski definition) is 1. The molecule has 18 heavy (non-hydrogen) atoms. The zero-order chi connectivity index (χ0) is 12.8. The second-order valence-corrected chi connectivity index (χ2v) is 4.90. The molecule has 1 aromatic heterocycles. The van der Waals surface area contributed by atoms with Gasteiger partial charge in [-0.15, -0.1) is 0 Å². The van der Waals surface area contributed by atoms with Gasteiger partial charge in [-0.3, -0.25) is 0 Å². The van der Waals surface area contributed by atoms with Crippen molar-refractivity contribution in [2.45, 2.75) is 19.4 Å². The van der Waals surface area contributed by atoms with Crippen LogP contribution in [-0.2, 0) is 11.3 Å². The minimum atomic E-state index is 0.736. The molecule has 0 spiro atoms. The average Bonchev–Trinajstić information content (AvgIpc) is 2.86. The number of rotatable bonds is 6. The van der Waals surface area contributed by atoms with Crippen LogP contribution in [0.2, 0.25) is 0 Å². The van der Waals surface area contributed by atoms with Crippen molar-refractivity contribution >= 4 is 5.95 Å². The van der Waals surface area contributed by atoms with Gasteiger partial charge in [-0.1, -0.05) is 0 Å². The molecule has 2 rings (SSSR count). The summed E-state index contributed by atoms with van der Waals surface area (Å²) in [5.41, 5.74) is 0. The molecule has 1 N–H and O–H groups in total. The van der Waals surface area contributed by atoms with Gasteiger partial charge in [0.1, 0.15) is 0 Å². The van der Waals surface area contributed by atoms with Crippen LogP contribution >= 0.6 is 0 Å². The first-order valence-corrected chi connectivity index (χ1v) is 6.74. The largest absolute Gasteiger partial charge is 0.383 e. The molecule has 1 aliphatic heterocycles. The minimum absolute atomic E-state index is 0.736. The van der Waals surface area contributed by atoms with Crippen LogP contribution in [0.4, 0.5) is 5.95 Å². The Labute approximate surface area is 109 Å². The lowest BCUT2D eigenvalue weighted by molar-refractivity contribution is 0.187. The Morgan fingerprint density at radius 2 is 2.22 bits per heavy atom. The Bertz CT molecular complexity index is 345. The van der Waals surface area contributed by atoms with Crippen LogP contribution in [0.1, 0.15) is 12.8 Å². The number of nitrogens with zero attached hydrogens (tertiary/aromatic N) is 3. The fourth-order valence-corrected chi connectivity index (χ4v) is 2.57. The van der Waals surface area contributed by atoms with Crippen molar-refractivity contribution in [3.63, 3.8) is 0 Å². The predicted molar refractivity (Wildman–Crippen MR) is 73.0 cm³/mol. The Kier molecular flexibility index (Phi) is 5.01. The molecule has 0 bridgehead atoms. The Morgan fingerprint density at radius 1 is 1.44 bits per heavy atom. The van der Waals surface area contributed by atoms with Crippen LogP contribution in [-0.4, -0.2) is 49.9 Å². The summed E-state index contributed by atoms with van der Waals surface area (Å²) in [6, 6.07) is 0. The maximum absolute atomic E-state index is 5.13. The van der Waals surface area contributed by atoms with Gasteiger partial charge < -0.3 is 19.5 Å². The Hall–Kier alpha value is -1.07. The van der Waals surface area contributed by atoms with E-state index in [0.29, 0.717) is 0 Å². The van der Waals surface area contributed by atoms with E-state index in [2.05, 4.69) is 19.8 Å². The van der Waals surface area contributed by atoms with E-state index in [1.807, 2.05) is 19.4 Å². The normalized spacial score (nSPS) is 17.3. The first-order chi connectivity index (χ1) is 8.85. The van der Waals surface area contributed by atoms with Crippen LogP contribution in [0.15, 0.2) is 12.4 Å². The number of nitrogens with one attached hydrogen (secondary N) is 1. The number of imidazole rings is 1. The molecule has 0 atom stereocenters. The van der Waals surface area contributed by atoms with Crippen molar-refractivity contribution in [3.8, 4) is 0 Å². The third-order valence-electron chi connectivity index (χ3n) is 3.62. The van der Waals surface area contributed by atoms with Gasteiger partial charge in [-0.2, -0.15) is 0 Å². The smallest absolute Gasteiger partial charge is 0.205 e. The Balaban J connectivity index is 1.90. The SMILES string of the molecule is CNCC1CCN(c2nccn2CCOC)CC1. The zero-order valence-electron chi connectivity index (χ0n) is 11.4. The van der Waals surface area contributed by atoms with Gasteiger partial charge in [0, 0.05) is 39.1 Å². The van der Waals surface area contributed by atoms with Gasteiger partial charge in [0.05, 0.1) is 6.61 Å². The summed E-state index contributed by atoms with van der Waals surface area (Å²) in [7, 11) is 3.77. The molecule has 102 valence electrons. The number of piperidine rings is 1. The van der Waals surface area contributed by atoms with Crippen molar-refractivity contribution in [1.29, 1.82) is 0 Å². The highest BCUT2D eigenvalue weighted by Crippen LogP contribution is 2.21.